The molecular weight excluding hydrogens is 308 g/mol. The predicted octanol–water partition coefficient (Wildman–Crippen LogP) is 3.60. The van der Waals surface area contributed by atoms with Crippen LogP contribution in [0.25, 0.3) is 10.4 Å². The highest BCUT2D eigenvalue weighted by Gasteiger charge is 2.22. The molecule has 1 amide bonds. The molecule has 0 saturated carbocycles. The van der Waals surface area contributed by atoms with Gasteiger partial charge in [-0.25, -0.2) is 4.98 Å². The molecule has 6 heteroatoms. The minimum absolute atomic E-state index is 0.0535. The maximum atomic E-state index is 12.1. The lowest BCUT2D eigenvalue weighted by molar-refractivity contribution is -0.115. The number of carbonyl (C=O) groups excluding carboxylic acids is 1. The van der Waals surface area contributed by atoms with E-state index in [-0.39, 0.29) is 11.2 Å². The third kappa shape index (κ3) is 3.37. The van der Waals surface area contributed by atoms with Crippen LogP contribution >= 0.6 is 34.9 Å². The maximum absolute atomic E-state index is 12.1. The summed E-state index contributed by atoms with van der Waals surface area (Å²) in [6.45, 7) is 0. The van der Waals surface area contributed by atoms with Gasteiger partial charge in [0.1, 0.15) is 0 Å². The second kappa shape index (κ2) is 6.65. The number of nitrogens with zero attached hydrogens (tertiary/aromatic N) is 1. The first-order valence-corrected chi connectivity index (χ1v) is 9.36. The highest BCUT2D eigenvalue weighted by molar-refractivity contribution is 8.07. The van der Waals surface area contributed by atoms with Crippen molar-refractivity contribution in [3.63, 3.8) is 0 Å². The fourth-order valence-corrected chi connectivity index (χ4v) is 5.27. The lowest BCUT2D eigenvalue weighted by atomic mass is 10.2. The smallest absolute Gasteiger partial charge is 0.240 e. The third-order valence-corrected chi connectivity index (χ3v) is 6.62. The number of thiazole rings is 1. The number of amides is 1. The lowest BCUT2D eigenvalue weighted by Gasteiger charge is -2.19. The van der Waals surface area contributed by atoms with Crippen LogP contribution in [0.5, 0.6) is 0 Å². The van der Waals surface area contributed by atoms with E-state index in [1.165, 1.54) is 11.3 Å². The Kier molecular flexibility index (Phi) is 4.65. The van der Waals surface area contributed by atoms with E-state index in [1.807, 2.05) is 48.3 Å². The fourth-order valence-electron chi connectivity index (χ4n) is 1.89. The molecule has 0 radical (unpaired) electrons. The second-order valence-electron chi connectivity index (χ2n) is 4.32. The summed E-state index contributed by atoms with van der Waals surface area (Å²) in [4.78, 5) is 17.5. The first kappa shape index (κ1) is 14.0. The Hall–Kier alpha value is -0.980. The molecule has 2 heterocycles. The van der Waals surface area contributed by atoms with Gasteiger partial charge in [0, 0.05) is 23.5 Å². The predicted molar refractivity (Wildman–Crippen MR) is 89.8 cm³/mol. The van der Waals surface area contributed by atoms with Gasteiger partial charge in [-0.15, -0.1) is 11.8 Å². The molecule has 1 aromatic carbocycles. The lowest BCUT2D eigenvalue weighted by Crippen LogP contribution is -2.29. The molecule has 1 aliphatic heterocycles. The van der Waals surface area contributed by atoms with Crippen molar-refractivity contribution in [1.29, 1.82) is 0 Å². The van der Waals surface area contributed by atoms with Crippen LogP contribution in [0.1, 0.15) is 0 Å². The van der Waals surface area contributed by atoms with Crippen molar-refractivity contribution >= 4 is 45.9 Å². The molecule has 104 valence electrons. The quantitative estimate of drug-likeness (QED) is 0.937. The maximum Gasteiger partial charge on any atom is 0.240 e. The van der Waals surface area contributed by atoms with Gasteiger partial charge in [0.05, 0.1) is 10.1 Å². The molecule has 1 N–H and O–H groups in total. The van der Waals surface area contributed by atoms with Gasteiger partial charge in [-0.3, -0.25) is 4.79 Å². The molecule has 3 rings (SSSR count). The Morgan fingerprint density at radius 3 is 2.85 bits per heavy atom. The summed E-state index contributed by atoms with van der Waals surface area (Å²) in [6.07, 6.45) is 1.82. The normalized spacial score (nSPS) is 18.7. The Morgan fingerprint density at radius 1 is 1.25 bits per heavy atom. The summed E-state index contributed by atoms with van der Waals surface area (Å²) in [7, 11) is 0. The van der Waals surface area contributed by atoms with Crippen molar-refractivity contribution in [2.45, 2.75) is 5.25 Å². The SMILES string of the molecule is O=C(Nc1ncc(-c2ccccc2)s1)[C@H]1CSCCS1. The summed E-state index contributed by atoms with van der Waals surface area (Å²) in [5, 5.41) is 3.67. The molecule has 2 aromatic rings. The average molecular weight is 322 g/mol. The van der Waals surface area contributed by atoms with Crippen molar-refractivity contribution in [3.8, 4) is 10.4 Å². The van der Waals surface area contributed by atoms with E-state index in [9.17, 15) is 4.79 Å². The summed E-state index contributed by atoms with van der Waals surface area (Å²) in [6, 6.07) is 10.1. The molecule has 0 unspecified atom stereocenters. The standard InChI is InChI=1S/C14H14N2OS3/c17-13(12-9-18-6-7-19-12)16-14-15-8-11(20-14)10-4-2-1-3-5-10/h1-5,8,12H,6-7,9H2,(H,15,16,17)/t12-/m1/s1. The zero-order valence-electron chi connectivity index (χ0n) is 10.7. The molecule has 1 saturated heterocycles. The number of anilines is 1. The highest BCUT2D eigenvalue weighted by atomic mass is 32.2. The molecule has 0 spiro atoms. The molecule has 20 heavy (non-hydrogen) atoms. The van der Waals surface area contributed by atoms with Crippen LogP contribution in [-0.4, -0.2) is 33.4 Å². The van der Waals surface area contributed by atoms with E-state index >= 15 is 0 Å². The minimum Gasteiger partial charge on any atom is -0.301 e. The van der Waals surface area contributed by atoms with Crippen LogP contribution in [0.3, 0.4) is 0 Å². The molecule has 1 fully saturated rings. The molecule has 1 aromatic heterocycles. The summed E-state index contributed by atoms with van der Waals surface area (Å²) < 4.78 is 0. The van der Waals surface area contributed by atoms with Crippen LogP contribution in [0.15, 0.2) is 36.5 Å². The number of aromatic nitrogens is 1. The Morgan fingerprint density at radius 2 is 2.10 bits per heavy atom. The van der Waals surface area contributed by atoms with Crippen molar-refractivity contribution < 1.29 is 4.79 Å². The van der Waals surface area contributed by atoms with E-state index in [2.05, 4.69) is 10.3 Å². The number of carbonyl (C=O) groups is 1. The highest BCUT2D eigenvalue weighted by Crippen LogP contribution is 2.30. The number of rotatable bonds is 3. The Bertz CT molecular complexity index is 579. The molecule has 0 bridgehead atoms. The van der Waals surface area contributed by atoms with Gasteiger partial charge in [-0.1, -0.05) is 41.7 Å². The second-order valence-corrected chi connectivity index (χ2v) is 7.81. The molecular formula is C14H14N2OS3. The van der Waals surface area contributed by atoms with E-state index in [1.54, 1.807) is 11.8 Å². The first-order chi connectivity index (χ1) is 9.83. The van der Waals surface area contributed by atoms with E-state index in [0.29, 0.717) is 5.13 Å². The van der Waals surface area contributed by atoms with Crippen LogP contribution in [0.4, 0.5) is 5.13 Å². The summed E-state index contributed by atoms with van der Waals surface area (Å²) in [5.41, 5.74) is 1.13. The largest absolute Gasteiger partial charge is 0.301 e. The van der Waals surface area contributed by atoms with Gasteiger partial charge in [0.25, 0.3) is 0 Å². The average Bonchev–Trinajstić information content (AvgIpc) is 2.97. The van der Waals surface area contributed by atoms with Crippen LogP contribution in [-0.2, 0) is 4.79 Å². The summed E-state index contributed by atoms with van der Waals surface area (Å²) >= 11 is 5.10. The monoisotopic (exact) mass is 322 g/mol. The number of thioether (sulfide) groups is 2. The van der Waals surface area contributed by atoms with Gasteiger partial charge in [0.15, 0.2) is 5.13 Å². The van der Waals surface area contributed by atoms with Crippen molar-refractivity contribution in [2.75, 3.05) is 22.6 Å². The number of benzene rings is 1. The van der Waals surface area contributed by atoms with Gasteiger partial charge < -0.3 is 5.32 Å². The number of hydrogen-bond donors (Lipinski definition) is 1. The van der Waals surface area contributed by atoms with Crippen LogP contribution in [0, 0.1) is 0 Å². The number of nitrogens with one attached hydrogen (secondary N) is 1. The number of hydrogen-bond acceptors (Lipinski definition) is 5. The zero-order chi connectivity index (χ0) is 13.8. The summed E-state index contributed by atoms with van der Waals surface area (Å²) in [5.74, 6) is 3.17. The fraction of sp³-hybridized carbons (Fsp3) is 0.286. The van der Waals surface area contributed by atoms with Crippen molar-refractivity contribution in [1.82, 2.24) is 4.98 Å². The third-order valence-electron chi connectivity index (χ3n) is 2.90. The molecule has 3 nitrogen and oxygen atoms in total. The molecule has 0 aliphatic carbocycles. The van der Waals surface area contributed by atoms with Crippen molar-refractivity contribution in [3.05, 3.63) is 36.5 Å². The Balaban J connectivity index is 1.66. The minimum atomic E-state index is 0.0535. The topological polar surface area (TPSA) is 42.0 Å². The van der Waals surface area contributed by atoms with E-state index in [0.717, 1.165) is 27.7 Å². The van der Waals surface area contributed by atoms with E-state index in [4.69, 9.17) is 0 Å². The molecule has 1 atom stereocenters. The molecule has 1 aliphatic rings. The van der Waals surface area contributed by atoms with E-state index < -0.39 is 0 Å². The van der Waals surface area contributed by atoms with Crippen molar-refractivity contribution in [2.24, 2.45) is 0 Å². The van der Waals surface area contributed by atoms with Gasteiger partial charge in [0.2, 0.25) is 5.91 Å². The van der Waals surface area contributed by atoms with Crippen LogP contribution in [0.2, 0.25) is 0 Å². The van der Waals surface area contributed by atoms with Gasteiger partial charge in [-0.05, 0) is 5.56 Å². The zero-order valence-corrected chi connectivity index (χ0v) is 13.2. The van der Waals surface area contributed by atoms with Crippen LogP contribution < -0.4 is 5.32 Å². The van der Waals surface area contributed by atoms with Gasteiger partial charge >= 0.3 is 0 Å². The first-order valence-electron chi connectivity index (χ1n) is 6.34. The Labute approximate surface area is 130 Å². The van der Waals surface area contributed by atoms with Gasteiger partial charge in [-0.2, -0.15) is 11.8 Å².